The van der Waals surface area contributed by atoms with Gasteiger partial charge >= 0.3 is 5.97 Å². The minimum Gasteiger partial charge on any atom is -0.478 e. The molecule has 0 spiro atoms. The Morgan fingerprint density at radius 2 is 2.19 bits per heavy atom. The smallest absolute Gasteiger partial charge is 0.336 e. The fourth-order valence-electron chi connectivity index (χ4n) is 2.35. The molecule has 116 valence electrons. The summed E-state index contributed by atoms with van der Waals surface area (Å²) in [7, 11) is -3.46. The van der Waals surface area contributed by atoms with Crippen LogP contribution in [0.1, 0.15) is 36.0 Å². The minimum absolute atomic E-state index is 0.00749. The topological polar surface area (TPSA) is 80.7 Å². The van der Waals surface area contributed by atoms with Crippen molar-refractivity contribution in [3.8, 4) is 0 Å². The predicted octanol–water partition coefficient (Wildman–Crippen LogP) is 2.88. The molecule has 2 rings (SSSR count). The highest BCUT2D eigenvalue weighted by molar-refractivity contribution is 9.10. The Morgan fingerprint density at radius 3 is 2.81 bits per heavy atom. The molecule has 0 saturated carbocycles. The van der Waals surface area contributed by atoms with Crippen molar-refractivity contribution in [1.82, 2.24) is 0 Å². The van der Waals surface area contributed by atoms with Crippen molar-refractivity contribution < 1.29 is 23.1 Å². The number of carboxylic acid groups (broad SMARTS) is 1. The molecule has 1 aliphatic heterocycles. The molecule has 0 radical (unpaired) electrons. The van der Waals surface area contributed by atoms with Gasteiger partial charge in [-0.25, -0.2) is 13.2 Å². The van der Waals surface area contributed by atoms with E-state index in [1.165, 1.54) is 18.2 Å². The van der Waals surface area contributed by atoms with Gasteiger partial charge in [0.1, 0.15) is 0 Å². The van der Waals surface area contributed by atoms with Gasteiger partial charge in [0, 0.05) is 11.1 Å². The van der Waals surface area contributed by atoms with E-state index >= 15 is 0 Å². The van der Waals surface area contributed by atoms with Crippen LogP contribution in [0.15, 0.2) is 27.6 Å². The molecule has 0 aromatic heterocycles. The Kier molecular flexibility index (Phi) is 5.40. The Labute approximate surface area is 132 Å². The zero-order valence-corrected chi connectivity index (χ0v) is 13.8. The van der Waals surface area contributed by atoms with E-state index in [2.05, 4.69) is 15.9 Å². The van der Waals surface area contributed by atoms with Gasteiger partial charge in [0.2, 0.25) is 0 Å². The summed E-state index contributed by atoms with van der Waals surface area (Å²) in [6, 6.07) is 4.09. The first-order valence-corrected chi connectivity index (χ1v) is 9.22. The van der Waals surface area contributed by atoms with Crippen molar-refractivity contribution in [2.24, 2.45) is 0 Å². The average Bonchev–Trinajstić information content (AvgIpc) is 2.91. The van der Waals surface area contributed by atoms with Crippen LogP contribution in [0.2, 0.25) is 0 Å². The third-order valence-electron chi connectivity index (χ3n) is 3.49. The lowest BCUT2D eigenvalue weighted by Crippen LogP contribution is -2.12. The SMILES string of the molecule is O=C(O)c1cc(S(=O)(=O)CCCC2CCCO2)ccc1Br. The van der Waals surface area contributed by atoms with Crippen LogP contribution in [-0.4, -0.2) is 38.0 Å². The lowest BCUT2D eigenvalue weighted by Gasteiger charge is -2.10. The first-order chi connectivity index (χ1) is 9.90. The molecular formula is C14H17BrO5S. The van der Waals surface area contributed by atoms with Gasteiger partial charge in [-0.1, -0.05) is 0 Å². The largest absolute Gasteiger partial charge is 0.478 e. The van der Waals surface area contributed by atoms with Crippen molar-refractivity contribution in [1.29, 1.82) is 0 Å². The molecule has 5 nitrogen and oxygen atoms in total. The fraction of sp³-hybridized carbons (Fsp3) is 0.500. The van der Waals surface area contributed by atoms with Crippen molar-refractivity contribution in [3.05, 3.63) is 28.2 Å². The Bertz CT molecular complexity index is 620. The second-order valence-electron chi connectivity index (χ2n) is 5.04. The molecular weight excluding hydrogens is 360 g/mol. The molecule has 0 aliphatic carbocycles. The molecule has 1 saturated heterocycles. The molecule has 1 fully saturated rings. The summed E-state index contributed by atoms with van der Waals surface area (Å²) >= 11 is 3.10. The van der Waals surface area contributed by atoms with Gasteiger partial charge in [-0.2, -0.15) is 0 Å². The molecule has 1 N–H and O–H groups in total. The summed E-state index contributed by atoms with van der Waals surface area (Å²) in [4.78, 5) is 11.1. The number of carbonyl (C=O) groups is 1. The van der Waals surface area contributed by atoms with E-state index in [1.54, 1.807) is 0 Å². The van der Waals surface area contributed by atoms with E-state index in [0.29, 0.717) is 10.9 Å². The van der Waals surface area contributed by atoms with Crippen molar-refractivity contribution in [2.45, 2.75) is 36.7 Å². The van der Waals surface area contributed by atoms with Gasteiger partial charge in [0.05, 0.1) is 22.3 Å². The number of hydrogen-bond donors (Lipinski definition) is 1. The van der Waals surface area contributed by atoms with E-state index in [1.807, 2.05) is 0 Å². The summed E-state index contributed by atoms with van der Waals surface area (Å²) in [5, 5.41) is 9.03. The highest BCUT2D eigenvalue weighted by Gasteiger charge is 2.20. The van der Waals surface area contributed by atoms with Crippen molar-refractivity contribution >= 4 is 31.7 Å². The second-order valence-corrected chi connectivity index (χ2v) is 8.01. The molecule has 1 aliphatic rings. The van der Waals surface area contributed by atoms with Gasteiger partial charge in [0.25, 0.3) is 0 Å². The maximum absolute atomic E-state index is 12.2. The quantitative estimate of drug-likeness (QED) is 0.825. The fourth-order valence-corrected chi connectivity index (χ4v) is 4.12. The van der Waals surface area contributed by atoms with Crippen LogP contribution in [0.5, 0.6) is 0 Å². The molecule has 1 aromatic rings. The van der Waals surface area contributed by atoms with Crippen LogP contribution >= 0.6 is 15.9 Å². The number of benzene rings is 1. The van der Waals surface area contributed by atoms with Crippen LogP contribution in [0.25, 0.3) is 0 Å². The maximum atomic E-state index is 12.2. The van der Waals surface area contributed by atoms with Gasteiger partial charge in [0.15, 0.2) is 9.84 Å². The summed E-state index contributed by atoms with van der Waals surface area (Å²) in [6.07, 6.45) is 3.43. The van der Waals surface area contributed by atoms with Crippen molar-refractivity contribution in [3.63, 3.8) is 0 Å². The molecule has 21 heavy (non-hydrogen) atoms. The lowest BCUT2D eigenvalue weighted by atomic mass is 10.1. The molecule has 1 unspecified atom stereocenters. The molecule has 1 atom stereocenters. The van der Waals surface area contributed by atoms with E-state index in [4.69, 9.17) is 9.84 Å². The van der Waals surface area contributed by atoms with Crippen LogP contribution in [0.4, 0.5) is 0 Å². The Balaban J connectivity index is 2.04. The average molecular weight is 377 g/mol. The standard InChI is InChI=1S/C14H17BrO5S/c15-13-6-5-11(9-12(13)14(16)17)21(18,19)8-2-4-10-3-1-7-20-10/h5-6,9-10H,1-4,7-8H2,(H,16,17). The second kappa shape index (κ2) is 6.89. The number of halogens is 1. The maximum Gasteiger partial charge on any atom is 0.336 e. The molecule has 0 bridgehead atoms. The predicted molar refractivity (Wildman–Crippen MR) is 81.4 cm³/mol. The number of aromatic carboxylic acids is 1. The number of rotatable bonds is 6. The van der Waals surface area contributed by atoms with Crippen LogP contribution in [0.3, 0.4) is 0 Å². The summed E-state index contributed by atoms with van der Waals surface area (Å²) < 4.78 is 30.3. The first-order valence-electron chi connectivity index (χ1n) is 6.77. The third kappa shape index (κ3) is 4.28. The van der Waals surface area contributed by atoms with Crippen LogP contribution in [-0.2, 0) is 14.6 Å². The number of carboxylic acids is 1. The van der Waals surface area contributed by atoms with Crippen LogP contribution < -0.4 is 0 Å². The van der Waals surface area contributed by atoms with E-state index in [9.17, 15) is 13.2 Å². The molecule has 1 heterocycles. The first kappa shape index (κ1) is 16.5. The zero-order valence-electron chi connectivity index (χ0n) is 11.4. The van der Waals surface area contributed by atoms with Gasteiger partial charge in [-0.3, -0.25) is 0 Å². The zero-order chi connectivity index (χ0) is 15.5. The highest BCUT2D eigenvalue weighted by atomic mass is 79.9. The summed E-state index contributed by atoms with van der Waals surface area (Å²) in [5.74, 6) is -1.15. The van der Waals surface area contributed by atoms with E-state index in [0.717, 1.165) is 25.9 Å². The van der Waals surface area contributed by atoms with Gasteiger partial charge in [-0.05, 0) is 59.8 Å². The molecule has 0 amide bonds. The van der Waals surface area contributed by atoms with E-state index in [-0.39, 0.29) is 22.3 Å². The van der Waals surface area contributed by atoms with Gasteiger partial charge < -0.3 is 9.84 Å². The third-order valence-corrected chi connectivity index (χ3v) is 5.98. The number of hydrogen-bond acceptors (Lipinski definition) is 4. The van der Waals surface area contributed by atoms with Gasteiger partial charge in [-0.15, -0.1) is 0 Å². The number of sulfone groups is 1. The molecule has 7 heteroatoms. The Morgan fingerprint density at radius 1 is 1.43 bits per heavy atom. The van der Waals surface area contributed by atoms with Crippen LogP contribution in [0, 0.1) is 0 Å². The highest BCUT2D eigenvalue weighted by Crippen LogP contribution is 2.23. The lowest BCUT2D eigenvalue weighted by molar-refractivity contribution is 0.0695. The summed E-state index contributed by atoms with van der Waals surface area (Å²) in [6.45, 7) is 0.756. The number of ether oxygens (including phenoxy) is 1. The van der Waals surface area contributed by atoms with Crippen molar-refractivity contribution in [2.75, 3.05) is 12.4 Å². The normalized spacial score (nSPS) is 18.8. The van der Waals surface area contributed by atoms with E-state index < -0.39 is 15.8 Å². The Hall–Kier alpha value is -0.920. The molecule has 1 aromatic carbocycles. The summed E-state index contributed by atoms with van der Waals surface area (Å²) in [5.41, 5.74) is -0.0461. The minimum atomic E-state index is -3.46. The monoisotopic (exact) mass is 376 g/mol.